The lowest BCUT2D eigenvalue weighted by atomic mass is 10.2. The molecule has 24 heavy (non-hydrogen) atoms. The fourth-order valence-corrected chi connectivity index (χ4v) is 9.33. The van der Waals surface area contributed by atoms with E-state index in [2.05, 4.69) is 87.9 Å². The van der Waals surface area contributed by atoms with E-state index in [4.69, 9.17) is 4.43 Å². The smallest absolute Gasteiger partial charge is 0.261 e. The first kappa shape index (κ1) is 17.8. The van der Waals surface area contributed by atoms with Crippen molar-refractivity contribution in [1.29, 1.82) is 0 Å². The maximum absolute atomic E-state index is 6.95. The van der Waals surface area contributed by atoms with Crippen LogP contribution in [0.15, 0.2) is 60.7 Å². The van der Waals surface area contributed by atoms with Gasteiger partial charge in [-0.25, -0.2) is 0 Å². The lowest BCUT2D eigenvalue weighted by Gasteiger charge is -2.43. The molecule has 1 nitrogen and oxygen atoms in total. The van der Waals surface area contributed by atoms with Crippen molar-refractivity contribution in [2.24, 2.45) is 0 Å². The maximum atomic E-state index is 6.95. The van der Waals surface area contributed by atoms with Crippen LogP contribution < -0.4 is 10.4 Å². The Hall–Kier alpha value is -1.03. The topological polar surface area (TPSA) is 9.23 Å². The van der Waals surface area contributed by atoms with Gasteiger partial charge in [-0.2, -0.15) is 11.8 Å². The van der Waals surface area contributed by atoms with Crippen molar-refractivity contribution in [3.8, 4) is 0 Å². The number of benzene rings is 2. The van der Waals surface area contributed by atoms with Crippen molar-refractivity contribution in [1.82, 2.24) is 0 Å². The zero-order valence-corrected chi connectivity index (χ0v) is 16.7. The fraction of sp³-hybridized carbons (Fsp3) is 0.381. The first-order valence-corrected chi connectivity index (χ1v) is 11.7. The summed E-state index contributed by atoms with van der Waals surface area (Å²) in [5.41, 5.74) is 0. The summed E-state index contributed by atoms with van der Waals surface area (Å²) in [6, 6.07) is 21.8. The molecule has 1 fully saturated rings. The van der Waals surface area contributed by atoms with Crippen molar-refractivity contribution in [2.75, 3.05) is 12.4 Å². The molecular weight excluding hydrogens is 328 g/mol. The Balaban J connectivity index is 2.06. The minimum absolute atomic E-state index is 0.0721. The third kappa shape index (κ3) is 3.49. The van der Waals surface area contributed by atoms with Gasteiger partial charge >= 0.3 is 0 Å². The van der Waals surface area contributed by atoms with E-state index in [9.17, 15) is 0 Å². The Morgan fingerprint density at radius 1 is 0.958 bits per heavy atom. The second-order valence-corrected chi connectivity index (χ2v) is 13.1. The maximum Gasteiger partial charge on any atom is 0.261 e. The summed E-state index contributed by atoms with van der Waals surface area (Å²) in [7, 11) is -2.34. The van der Waals surface area contributed by atoms with Gasteiger partial charge in [-0.3, -0.25) is 0 Å². The SMILES string of the molecule is CC(C)(C)[Si](OC[C@@H]1C[CH]CS1)(c1ccccc1)c1ccccc1. The molecule has 1 aliphatic rings. The molecule has 127 valence electrons. The predicted octanol–water partition coefficient (Wildman–Crippen LogP) is 4.27. The highest BCUT2D eigenvalue weighted by atomic mass is 32.2. The normalized spacial score (nSPS) is 18.7. The molecule has 0 spiro atoms. The number of hydrogen-bond acceptors (Lipinski definition) is 2. The highest BCUT2D eigenvalue weighted by molar-refractivity contribution is 8.00. The summed E-state index contributed by atoms with van der Waals surface area (Å²) < 4.78 is 6.95. The van der Waals surface area contributed by atoms with Crippen molar-refractivity contribution in [3.05, 3.63) is 67.1 Å². The predicted molar refractivity (Wildman–Crippen MR) is 109 cm³/mol. The Bertz CT molecular complexity index is 590. The molecule has 1 atom stereocenters. The summed E-state index contributed by atoms with van der Waals surface area (Å²) >= 11 is 2.03. The molecule has 3 heteroatoms. The molecule has 2 aromatic rings. The standard InChI is InChI=1S/C21H27OSSi/c1-21(2,3)24(19-12-6-4-7-13-19,20-14-8-5-9-15-20)22-17-18-11-10-16-23-18/h4-10,12-15,18H,11,16-17H2,1-3H3/t18-/m0/s1. The van der Waals surface area contributed by atoms with Gasteiger partial charge in [-0.05, 0) is 34.0 Å². The van der Waals surface area contributed by atoms with Gasteiger partial charge in [0.15, 0.2) is 0 Å². The zero-order valence-electron chi connectivity index (χ0n) is 14.9. The molecular formula is C21H27OSSi. The van der Waals surface area contributed by atoms with Gasteiger partial charge in [-0.1, -0.05) is 81.4 Å². The van der Waals surface area contributed by atoms with E-state index in [0.29, 0.717) is 5.25 Å². The van der Waals surface area contributed by atoms with Gasteiger partial charge in [0.05, 0.1) is 0 Å². The first-order chi connectivity index (χ1) is 11.5. The van der Waals surface area contributed by atoms with Crippen molar-refractivity contribution in [2.45, 2.75) is 37.5 Å². The Kier molecular flexibility index (Phi) is 5.53. The molecule has 0 unspecified atom stereocenters. The summed E-state index contributed by atoms with van der Waals surface area (Å²) in [6.07, 6.45) is 3.55. The minimum Gasteiger partial charge on any atom is -0.406 e. The second-order valence-electron chi connectivity index (χ2n) is 7.45. The Morgan fingerprint density at radius 2 is 1.50 bits per heavy atom. The molecule has 0 N–H and O–H groups in total. The van der Waals surface area contributed by atoms with E-state index in [-0.39, 0.29) is 5.04 Å². The van der Waals surface area contributed by atoms with Gasteiger partial charge < -0.3 is 4.43 Å². The van der Waals surface area contributed by atoms with E-state index in [0.717, 1.165) is 12.4 Å². The zero-order chi connectivity index (χ0) is 17.0. The molecule has 0 amide bonds. The lowest BCUT2D eigenvalue weighted by molar-refractivity contribution is 0.298. The van der Waals surface area contributed by atoms with Crippen molar-refractivity contribution < 1.29 is 4.43 Å². The first-order valence-electron chi connectivity index (χ1n) is 8.72. The largest absolute Gasteiger partial charge is 0.406 e. The Morgan fingerprint density at radius 3 is 1.92 bits per heavy atom. The van der Waals surface area contributed by atoms with E-state index >= 15 is 0 Å². The van der Waals surface area contributed by atoms with Crippen LogP contribution >= 0.6 is 11.8 Å². The van der Waals surface area contributed by atoms with Crippen molar-refractivity contribution >= 4 is 30.5 Å². The summed E-state index contributed by atoms with van der Waals surface area (Å²) in [5, 5.41) is 3.42. The van der Waals surface area contributed by atoms with Crippen LogP contribution in [0.3, 0.4) is 0 Å². The van der Waals surface area contributed by atoms with Gasteiger partial charge in [0.1, 0.15) is 0 Å². The summed E-state index contributed by atoms with van der Waals surface area (Å²) in [4.78, 5) is 0. The molecule has 0 aliphatic carbocycles. The van der Waals surface area contributed by atoms with E-state index < -0.39 is 8.32 Å². The van der Waals surface area contributed by atoms with Crippen LogP contribution in [-0.4, -0.2) is 25.9 Å². The average molecular weight is 356 g/mol. The summed E-state index contributed by atoms with van der Waals surface area (Å²) in [5.74, 6) is 1.16. The van der Waals surface area contributed by atoms with E-state index in [1.54, 1.807) is 0 Å². The molecule has 0 aromatic heterocycles. The van der Waals surface area contributed by atoms with Gasteiger partial charge in [-0.15, -0.1) is 0 Å². The van der Waals surface area contributed by atoms with Crippen LogP contribution in [0.25, 0.3) is 0 Å². The highest BCUT2D eigenvalue weighted by Gasteiger charge is 2.50. The van der Waals surface area contributed by atoms with E-state index in [1.807, 2.05) is 11.8 Å². The van der Waals surface area contributed by atoms with E-state index in [1.165, 1.54) is 16.8 Å². The molecule has 1 radical (unpaired) electrons. The molecule has 1 heterocycles. The van der Waals surface area contributed by atoms with Crippen molar-refractivity contribution in [3.63, 3.8) is 0 Å². The average Bonchev–Trinajstić information content (AvgIpc) is 3.10. The van der Waals surface area contributed by atoms with Crippen LogP contribution in [0.2, 0.25) is 5.04 Å². The highest BCUT2D eigenvalue weighted by Crippen LogP contribution is 2.38. The number of thioether (sulfide) groups is 1. The molecule has 1 aliphatic heterocycles. The molecule has 0 bridgehead atoms. The summed E-state index contributed by atoms with van der Waals surface area (Å²) in [6.45, 7) is 7.86. The third-order valence-electron chi connectivity index (χ3n) is 4.78. The molecule has 3 rings (SSSR count). The fourth-order valence-electron chi connectivity index (χ4n) is 3.62. The van der Waals surface area contributed by atoms with Crippen LogP contribution in [0.5, 0.6) is 0 Å². The van der Waals surface area contributed by atoms with Gasteiger partial charge in [0.2, 0.25) is 0 Å². The lowest BCUT2D eigenvalue weighted by Crippen LogP contribution is -2.67. The number of hydrogen-bond donors (Lipinski definition) is 0. The van der Waals surface area contributed by atoms with Gasteiger partial charge in [0, 0.05) is 11.9 Å². The second kappa shape index (κ2) is 7.47. The monoisotopic (exact) mass is 355 g/mol. The van der Waals surface area contributed by atoms with Crippen LogP contribution in [-0.2, 0) is 4.43 Å². The van der Waals surface area contributed by atoms with Gasteiger partial charge in [0.25, 0.3) is 8.32 Å². The third-order valence-corrected chi connectivity index (χ3v) is 11.0. The quantitative estimate of drug-likeness (QED) is 0.741. The van der Waals surface area contributed by atoms with Crippen LogP contribution in [0.4, 0.5) is 0 Å². The Labute approximate surface area is 152 Å². The molecule has 2 aromatic carbocycles. The minimum atomic E-state index is -2.34. The van der Waals surface area contributed by atoms with Crippen LogP contribution in [0, 0.1) is 6.42 Å². The molecule has 0 saturated carbocycles. The molecule has 1 saturated heterocycles. The van der Waals surface area contributed by atoms with Crippen LogP contribution in [0.1, 0.15) is 27.2 Å². The number of rotatable bonds is 5.